The van der Waals surface area contributed by atoms with E-state index < -0.39 is 0 Å². The Labute approximate surface area is 123 Å². The van der Waals surface area contributed by atoms with Crippen molar-refractivity contribution in [2.45, 2.75) is 12.6 Å². The van der Waals surface area contributed by atoms with Gasteiger partial charge in [-0.15, -0.1) is 0 Å². The Hall–Kier alpha value is -2.33. The fourth-order valence-electron chi connectivity index (χ4n) is 2.45. The van der Waals surface area contributed by atoms with Crippen LogP contribution >= 0.6 is 0 Å². The largest absolute Gasteiger partial charge is 0.491 e. The number of hydrogen-bond donors (Lipinski definition) is 1. The molecule has 4 nitrogen and oxygen atoms in total. The van der Waals surface area contributed by atoms with Crippen LogP contribution in [0.1, 0.15) is 27.5 Å². The van der Waals surface area contributed by atoms with Crippen molar-refractivity contribution in [1.82, 2.24) is 5.32 Å². The molecule has 1 atom stereocenters. The minimum Gasteiger partial charge on any atom is -0.491 e. The zero-order chi connectivity index (χ0) is 14.7. The fourth-order valence-corrected chi connectivity index (χ4v) is 2.45. The predicted molar refractivity (Wildman–Crippen MR) is 79.3 cm³/mol. The van der Waals surface area contributed by atoms with E-state index in [0.717, 1.165) is 17.9 Å². The van der Waals surface area contributed by atoms with Crippen molar-refractivity contribution in [3.8, 4) is 5.75 Å². The van der Waals surface area contributed by atoms with Crippen LogP contribution in [0, 0.1) is 0 Å². The molecule has 0 saturated carbocycles. The van der Waals surface area contributed by atoms with Gasteiger partial charge in [0, 0.05) is 12.1 Å². The molecule has 108 valence electrons. The predicted octanol–water partition coefficient (Wildman–Crippen LogP) is 2.70. The van der Waals surface area contributed by atoms with Crippen molar-refractivity contribution < 1.29 is 14.3 Å². The number of fused-ring (bicyclic) bond motifs is 1. The van der Waals surface area contributed by atoms with Crippen molar-refractivity contribution in [3.05, 3.63) is 65.2 Å². The number of methoxy groups -OCH3 is 1. The second kappa shape index (κ2) is 5.97. The van der Waals surface area contributed by atoms with E-state index in [1.54, 1.807) is 12.1 Å². The molecular formula is C17H17NO3. The normalized spacial score (nSPS) is 16.1. The van der Waals surface area contributed by atoms with Crippen LogP contribution in [-0.4, -0.2) is 19.7 Å². The minimum atomic E-state index is -0.312. The lowest BCUT2D eigenvalue weighted by molar-refractivity contribution is 0.0600. The molecule has 2 aromatic carbocycles. The van der Waals surface area contributed by atoms with Gasteiger partial charge in [-0.3, -0.25) is 0 Å². The molecule has 0 fully saturated rings. The molecule has 1 unspecified atom stereocenters. The summed E-state index contributed by atoms with van der Waals surface area (Å²) in [4.78, 5) is 11.4. The molecule has 3 rings (SSSR count). The van der Waals surface area contributed by atoms with E-state index in [-0.39, 0.29) is 12.0 Å². The number of hydrogen-bond acceptors (Lipinski definition) is 4. The van der Waals surface area contributed by atoms with Gasteiger partial charge in [-0.05, 0) is 23.8 Å². The third kappa shape index (κ3) is 2.90. The molecular weight excluding hydrogens is 266 g/mol. The Bertz CT molecular complexity index is 637. The van der Waals surface area contributed by atoms with Crippen LogP contribution in [0.4, 0.5) is 0 Å². The molecule has 0 aliphatic carbocycles. The van der Waals surface area contributed by atoms with E-state index in [0.29, 0.717) is 12.2 Å². The van der Waals surface area contributed by atoms with E-state index in [1.807, 2.05) is 30.3 Å². The van der Waals surface area contributed by atoms with Gasteiger partial charge in [0.15, 0.2) is 0 Å². The summed E-state index contributed by atoms with van der Waals surface area (Å²) in [6, 6.07) is 15.7. The van der Waals surface area contributed by atoms with Crippen molar-refractivity contribution >= 4 is 5.97 Å². The number of benzene rings is 2. The Morgan fingerprint density at radius 1 is 1.24 bits per heavy atom. The van der Waals surface area contributed by atoms with E-state index in [2.05, 4.69) is 16.1 Å². The standard InChI is InChI=1S/C17H17NO3/c1-20-17(19)13-8-6-12(7-9-13)10-18-15-11-21-16-5-3-2-4-14(15)16/h2-9,15,18H,10-11H2,1H3. The van der Waals surface area contributed by atoms with Crippen molar-refractivity contribution in [3.63, 3.8) is 0 Å². The maximum absolute atomic E-state index is 11.4. The van der Waals surface area contributed by atoms with Gasteiger partial charge in [-0.1, -0.05) is 30.3 Å². The van der Waals surface area contributed by atoms with Crippen LogP contribution in [0.15, 0.2) is 48.5 Å². The lowest BCUT2D eigenvalue weighted by atomic mass is 10.1. The monoisotopic (exact) mass is 283 g/mol. The number of rotatable bonds is 4. The van der Waals surface area contributed by atoms with Gasteiger partial charge in [-0.2, -0.15) is 0 Å². The van der Waals surface area contributed by atoms with Crippen LogP contribution in [0.3, 0.4) is 0 Å². The number of ether oxygens (including phenoxy) is 2. The zero-order valence-corrected chi connectivity index (χ0v) is 11.8. The fraction of sp³-hybridized carbons (Fsp3) is 0.235. The Morgan fingerprint density at radius 3 is 2.76 bits per heavy atom. The average Bonchev–Trinajstić information content (AvgIpc) is 2.96. The molecule has 0 bridgehead atoms. The van der Waals surface area contributed by atoms with Crippen LogP contribution in [0.25, 0.3) is 0 Å². The average molecular weight is 283 g/mol. The Balaban J connectivity index is 1.62. The molecule has 1 N–H and O–H groups in total. The second-order valence-corrected chi connectivity index (χ2v) is 4.97. The third-order valence-electron chi connectivity index (χ3n) is 3.63. The second-order valence-electron chi connectivity index (χ2n) is 4.97. The number of nitrogens with one attached hydrogen (secondary N) is 1. The van der Waals surface area contributed by atoms with Gasteiger partial charge in [0.05, 0.1) is 18.7 Å². The number of para-hydroxylation sites is 1. The molecule has 0 amide bonds. The summed E-state index contributed by atoms with van der Waals surface area (Å²) in [5.41, 5.74) is 2.88. The van der Waals surface area contributed by atoms with Crippen LogP contribution in [-0.2, 0) is 11.3 Å². The molecule has 1 aliphatic rings. The summed E-state index contributed by atoms with van der Waals surface area (Å²) in [6.45, 7) is 1.38. The highest BCUT2D eigenvalue weighted by Crippen LogP contribution is 2.31. The van der Waals surface area contributed by atoms with E-state index >= 15 is 0 Å². The first-order valence-electron chi connectivity index (χ1n) is 6.90. The first-order valence-corrected chi connectivity index (χ1v) is 6.90. The van der Waals surface area contributed by atoms with Crippen molar-refractivity contribution in [2.75, 3.05) is 13.7 Å². The van der Waals surface area contributed by atoms with E-state index in [1.165, 1.54) is 12.7 Å². The maximum atomic E-state index is 11.4. The molecule has 2 aromatic rings. The maximum Gasteiger partial charge on any atom is 0.337 e. The lowest BCUT2D eigenvalue weighted by Crippen LogP contribution is -2.22. The summed E-state index contributed by atoms with van der Waals surface area (Å²) >= 11 is 0. The third-order valence-corrected chi connectivity index (χ3v) is 3.63. The summed E-state index contributed by atoms with van der Waals surface area (Å²) < 4.78 is 10.3. The summed E-state index contributed by atoms with van der Waals surface area (Å²) in [5.74, 6) is 0.642. The zero-order valence-electron chi connectivity index (χ0n) is 11.8. The molecule has 1 heterocycles. The van der Waals surface area contributed by atoms with E-state index in [4.69, 9.17) is 4.74 Å². The van der Waals surface area contributed by atoms with Gasteiger partial charge in [0.25, 0.3) is 0 Å². The SMILES string of the molecule is COC(=O)c1ccc(CNC2COc3ccccc32)cc1. The molecule has 0 radical (unpaired) electrons. The van der Waals surface area contributed by atoms with Gasteiger partial charge in [-0.25, -0.2) is 4.79 Å². The van der Waals surface area contributed by atoms with Gasteiger partial charge in [0.2, 0.25) is 0 Å². The first kappa shape index (κ1) is 13.6. The molecule has 0 aromatic heterocycles. The highest BCUT2D eigenvalue weighted by Gasteiger charge is 2.22. The molecule has 1 aliphatic heterocycles. The number of carbonyl (C=O) groups excluding carboxylic acids is 1. The topological polar surface area (TPSA) is 47.6 Å². The highest BCUT2D eigenvalue weighted by molar-refractivity contribution is 5.89. The summed E-state index contributed by atoms with van der Waals surface area (Å²) in [6.07, 6.45) is 0. The van der Waals surface area contributed by atoms with Gasteiger partial charge >= 0.3 is 5.97 Å². The van der Waals surface area contributed by atoms with E-state index in [9.17, 15) is 4.79 Å². The first-order chi connectivity index (χ1) is 10.3. The van der Waals surface area contributed by atoms with Crippen LogP contribution in [0.2, 0.25) is 0 Å². The van der Waals surface area contributed by atoms with Crippen LogP contribution in [0.5, 0.6) is 5.75 Å². The molecule has 0 saturated heterocycles. The molecule has 21 heavy (non-hydrogen) atoms. The minimum absolute atomic E-state index is 0.210. The van der Waals surface area contributed by atoms with Gasteiger partial charge < -0.3 is 14.8 Å². The highest BCUT2D eigenvalue weighted by atomic mass is 16.5. The summed E-state index contributed by atoms with van der Waals surface area (Å²) in [7, 11) is 1.38. The smallest absolute Gasteiger partial charge is 0.337 e. The summed E-state index contributed by atoms with van der Waals surface area (Å²) in [5, 5.41) is 3.48. The quantitative estimate of drug-likeness (QED) is 0.876. The lowest BCUT2D eigenvalue weighted by Gasteiger charge is -2.11. The van der Waals surface area contributed by atoms with Crippen molar-refractivity contribution in [1.29, 1.82) is 0 Å². The van der Waals surface area contributed by atoms with Crippen LogP contribution < -0.4 is 10.1 Å². The van der Waals surface area contributed by atoms with Gasteiger partial charge in [0.1, 0.15) is 12.4 Å². The molecule has 4 heteroatoms. The van der Waals surface area contributed by atoms with Crippen molar-refractivity contribution in [2.24, 2.45) is 0 Å². The number of carbonyl (C=O) groups is 1. The Kier molecular flexibility index (Phi) is 3.88. The molecule has 0 spiro atoms. The number of esters is 1. The Morgan fingerprint density at radius 2 is 2.00 bits per heavy atom.